The molecule has 4 nitrogen and oxygen atoms in total. The molecule has 1 fully saturated rings. The number of aromatic nitrogens is 1. The van der Waals surface area contributed by atoms with E-state index in [4.69, 9.17) is 10.5 Å². The molecular weight excluding hydrogens is 222 g/mol. The van der Waals surface area contributed by atoms with E-state index in [0.29, 0.717) is 0 Å². The van der Waals surface area contributed by atoms with Crippen LogP contribution in [0, 0.1) is 0 Å². The first-order valence-corrected chi connectivity index (χ1v) is 6.54. The van der Waals surface area contributed by atoms with Crippen molar-refractivity contribution in [1.82, 2.24) is 9.88 Å². The van der Waals surface area contributed by atoms with Crippen LogP contribution >= 0.6 is 11.3 Å². The number of nitrogens with two attached hydrogens (primary N) is 1. The average molecular weight is 241 g/mol. The van der Waals surface area contributed by atoms with E-state index in [1.165, 1.54) is 0 Å². The molecular formula is C11H19N3OS. The highest BCUT2D eigenvalue weighted by molar-refractivity contribution is 7.07. The lowest BCUT2D eigenvalue weighted by Crippen LogP contribution is -2.52. The number of rotatable bonds is 4. The maximum Gasteiger partial charge on any atom is 0.0795 e. The largest absolute Gasteiger partial charge is 0.381 e. The number of hydrogen-bond acceptors (Lipinski definition) is 5. The standard InChI is InChI=1S/C11H19N3OS/c1-14(6-10-7-16-9-13-10)8-11(12)2-4-15-5-3-11/h7,9H,2-6,8,12H2,1H3. The van der Waals surface area contributed by atoms with Crippen LogP contribution in [0.2, 0.25) is 0 Å². The van der Waals surface area contributed by atoms with Crippen LogP contribution in [-0.2, 0) is 11.3 Å². The van der Waals surface area contributed by atoms with Crippen molar-refractivity contribution in [3.63, 3.8) is 0 Å². The number of nitrogens with zero attached hydrogens (tertiary/aromatic N) is 2. The summed E-state index contributed by atoms with van der Waals surface area (Å²) in [6, 6.07) is 0. The Kier molecular flexibility index (Phi) is 3.91. The van der Waals surface area contributed by atoms with Crippen LogP contribution in [0.4, 0.5) is 0 Å². The second-order valence-corrected chi connectivity index (χ2v) is 5.35. The summed E-state index contributed by atoms with van der Waals surface area (Å²) in [6.07, 6.45) is 1.91. The van der Waals surface area contributed by atoms with Gasteiger partial charge in [-0.25, -0.2) is 4.98 Å². The molecule has 5 heteroatoms. The zero-order chi connectivity index (χ0) is 11.4. The number of thiazole rings is 1. The van der Waals surface area contributed by atoms with Crippen molar-refractivity contribution in [1.29, 1.82) is 0 Å². The second kappa shape index (κ2) is 5.23. The lowest BCUT2D eigenvalue weighted by molar-refractivity contribution is 0.0401. The smallest absolute Gasteiger partial charge is 0.0795 e. The maximum absolute atomic E-state index is 6.35. The van der Waals surface area contributed by atoms with Crippen molar-refractivity contribution in [2.75, 3.05) is 26.8 Å². The van der Waals surface area contributed by atoms with E-state index in [0.717, 1.165) is 44.8 Å². The molecule has 0 unspecified atom stereocenters. The molecule has 0 aliphatic carbocycles. The van der Waals surface area contributed by atoms with Crippen LogP contribution in [0.15, 0.2) is 10.9 Å². The van der Waals surface area contributed by atoms with Gasteiger partial charge < -0.3 is 10.5 Å². The van der Waals surface area contributed by atoms with Gasteiger partial charge in [0.15, 0.2) is 0 Å². The van der Waals surface area contributed by atoms with Gasteiger partial charge in [-0.3, -0.25) is 4.90 Å². The highest BCUT2D eigenvalue weighted by Crippen LogP contribution is 2.19. The van der Waals surface area contributed by atoms with Crippen LogP contribution in [0.3, 0.4) is 0 Å². The molecule has 0 bridgehead atoms. The van der Waals surface area contributed by atoms with E-state index in [9.17, 15) is 0 Å². The Balaban J connectivity index is 1.84. The van der Waals surface area contributed by atoms with Crippen molar-refractivity contribution in [2.45, 2.75) is 24.9 Å². The summed E-state index contributed by atoms with van der Waals surface area (Å²) in [4.78, 5) is 6.53. The van der Waals surface area contributed by atoms with E-state index < -0.39 is 0 Å². The molecule has 0 spiro atoms. The summed E-state index contributed by atoms with van der Waals surface area (Å²) in [5, 5.41) is 2.09. The van der Waals surface area contributed by atoms with Crippen LogP contribution in [0.5, 0.6) is 0 Å². The highest BCUT2D eigenvalue weighted by Gasteiger charge is 2.29. The van der Waals surface area contributed by atoms with Gasteiger partial charge in [0.05, 0.1) is 11.2 Å². The van der Waals surface area contributed by atoms with E-state index in [2.05, 4.69) is 22.3 Å². The lowest BCUT2D eigenvalue weighted by Gasteiger charge is -2.36. The molecule has 1 saturated heterocycles. The zero-order valence-corrected chi connectivity index (χ0v) is 10.5. The summed E-state index contributed by atoms with van der Waals surface area (Å²) < 4.78 is 5.34. The minimum atomic E-state index is -0.0803. The van der Waals surface area contributed by atoms with Gasteiger partial charge in [0, 0.05) is 37.2 Å². The first-order valence-electron chi connectivity index (χ1n) is 5.60. The van der Waals surface area contributed by atoms with Crippen LogP contribution in [0.25, 0.3) is 0 Å². The van der Waals surface area contributed by atoms with Gasteiger partial charge >= 0.3 is 0 Å². The molecule has 0 aromatic carbocycles. The third kappa shape index (κ3) is 3.25. The van der Waals surface area contributed by atoms with Crippen molar-refractivity contribution in [3.8, 4) is 0 Å². The Bertz CT molecular complexity index is 309. The monoisotopic (exact) mass is 241 g/mol. The maximum atomic E-state index is 6.35. The predicted octanol–water partition coefficient (Wildman–Crippen LogP) is 1.08. The fraction of sp³-hybridized carbons (Fsp3) is 0.727. The molecule has 16 heavy (non-hydrogen) atoms. The summed E-state index contributed by atoms with van der Waals surface area (Å²) in [5.74, 6) is 0. The van der Waals surface area contributed by atoms with Gasteiger partial charge in [0.2, 0.25) is 0 Å². The molecule has 2 N–H and O–H groups in total. The Morgan fingerprint density at radius 1 is 1.56 bits per heavy atom. The fourth-order valence-electron chi connectivity index (χ4n) is 2.12. The van der Waals surface area contributed by atoms with E-state index in [1.54, 1.807) is 11.3 Å². The molecule has 1 aliphatic heterocycles. The zero-order valence-electron chi connectivity index (χ0n) is 9.69. The predicted molar refractivity (Wildman–Crippen MR) is 65.4 cm³/mol. The third-order valence-electron chi connectivity index (χ3n) is 2.99. The minimum Gasteiger partial charge on any atom is -0.381 e. The van der Waals surface area contributed by atoms with Gasteiger partial charge in [-0.15, -0.1) is 11.3 Å². The fourth-order valence-corrected chi connectivity index (χ4v) is 2.67. The molecule has 2 heterocycles. The van der Waals surface area contributed by atoms with Gasteiger partial charge in [-0.05, 0) is 19.9 Å². The Labute approximate surface area is 100 Å². The number of ether oxygens (including phenoxy) is 1. The molecule has 1 aliphatic rings. The van der Waals surface area contributed by atoms with Gasteiger partial charge in [0.25, 0.3) is 0 Å². The second-order valence-electron chi connectivity index (χ2n) is 4.63. The summed E-state index contributed by atoms with van der Waals surface area (Å²) >= 11 is 1.64. The first kappa shape index (κ1) is 12.0. The quantitative estimate of drug-likeness (QED) is 0.857. The third-order valence-corrected chi connectivity index (χ3v) is 3.62. The van der Waals surface area contributed by atoms with Gasteiger partial charge in [0.1, 0.15) is 0 Å². The Morgan fingerprint density at radius 2 is 2.31 bits per heavy atom. The van der Waals surface area contributed by atoms with Crippen LogP contribution < -0.4 is 5.73 Å². The van der Waals surface area contributed by atoms with Crippen molar-refractivity contribution < 1.29 is 4.74 Å². The van der Waals surface area contributed by atoms with Crippen molar-refractivity contribution >= 4 is 11.3 Å². The van der Waals surface area contributed by atoms with Crippen LogP contribution in [0.1, 0.15) is 18.5 Å². The first-order chi connectivity index (χ1) is 7.68. The van der Waals surface area contributed by atoms with E-state index >= 15 is 0 Å². The Morgan fingerprint density at radius 3 is 2.94 bits per heavy atom. The average Bonchev–Trinajstić information content (AvgIpc) is 2.70. The van der Waals surface area contributed by atoms with Gasteiger partial charge in [-0.1, -0.05) is 0 Å². The van der Waals surface area contributed by atoms with Gasteiger partial charge in [-0.2, -0.15) is 0 Å². The summed E-state index contributed by atoms with van der Waals surface area (Å²) in [5.41, 5.74) is 9.27. The molecule has 0 atom stereocenters. The Hall–Kier alpha value is -0.490. The SMILES string of the molecule is CN(Cc1cscn1)CC1(N)CCOCC1. The van der Waals surface area contributed by atoms with E-state index in [-0.39, 0.29) is 5.54 Å². The summed E-state index contributed by atoms with van der Waals surface area (Å²) in [6.45, 7) is 3.37. The van der Waals surface area contributed by atoms with Crippen molar-refractivity contribution in [3.05, 3.63) is 16.6 Å². The molecule has 2 rings (SSSR count). The topological polar surface area (TPSA) is 51.4 Å². The minimum absolute atomic E-state index is 0.0803. The molecule has 0 radical (unpaired) electrons. The van der Waals surface area contributed by atoms with E-state index in [1.807, 2.05) is 5.51 Å². The lowest BCUT2D eigenvalue weighted by atomic mass is 9.91. The van der Waals surface area contributed by atoms with Crippen LogP contribution in [-0.4, -0.2) is 42.2 Å². The van der Waals surface area contributed by atoms with Crippen molar-refractivity contribution in [2.24, 2.45) is 5.73 Å². The summed E-state index contributed by atoms with van der Waals surface area (Å²) in [7, 11) is 2.10. The molecule has 90 valence electrons. The molecule has 1 aromatic heterocycles. The molecule has 0 saturated carbocycles. The highest BCUT2D eigenvalue weighted by atomic mass is 32.1. The normalized spacial score (nSPS) is 20.2. The number of hydrogen-bond donors (Lipinski definition) is 1. The molecule has 1 aromatic rings. The number of likely N-dealkylation sites (N-methyl/N-ethyl adjacent to an activating group) is 1. The molecule has 0 amide bonds.